The van der Waals surface area contributed by atoms with Crippen LogP contribution in [0.2, 0.25) is 0 Å². The molecule has 0 saturated heterocycles. The van der Waals surface area contributed by atoms with Gasteiger partial charge in [0, 0.05) is 6.54 Å². The minimum absolute atomic E-state index is 0.0350. The topological polar surface area (TPSA) is 38.3 Å². The molecule has 92 valence electrons. The van der Waals surface area contributed by atoms with Crippen LogP contribution in [0.1, 0.15) is 40.0 Å². The SMILES string of the molecule is C=CC(=O)NCCC1CC(OC(C)(C)C)C1. The predicted octanol–water partition coefficient (Wildman–Crippen LogP) is 2.27. The number of carbonyl (C=O) groups excluding carboxylic acids is 1. The van der Waals surface area contributed by atoms with Crippen molar-refractivity contribution in [1.29, 1.82) is 0 Å². The first kappa shape index (κ1) is 13.2. The Bertz CT molecular complexity index is 249. The normalized spacial score (nSPS) is 24.7. The van der Waals surface area contributed by atoms with Crippen molar-refractivity contribution in [3.05, 3.63) is 12.7 Å². The van der Waals surface area contributed by atoms with Crippen LogP contribution < -0.4 is 5.32 Å². The number of carbonyl (C=O) groups is 1. The third kappa shape index (κ3) is 4.79. The van der Waals surface area contributed by atoms with Crippen LogP contribution in [0.15, 0.2) is 12.7 Å². The Morgan fingerprint density at radius 1 is 1.50 bits per heavy atom. The van der Waals surface area contributed by atoms with Crippen molar-refractivity contribution >= 4 is 5.91 Å². The zero-order chi connectivity index (χ0) is 12.2. The highest BCUT2D eigenvalue weighted by molar-refractivity contribution is 5.86. The van der Waals surface area contributed by atoms with E-state index in [4.69, 9.17) is 4.74 Å². The van der Waals surface area contributed by atoms with Gasteiger partial charge in [0.2, 0.25) is 5.91 Å². The van der Waals surface area contributed by atoms with Gasteiger partial charge in [0.1, 0.15) is 0 Å². The van der Waals surface area contributed by atoms with Crippen LogP contribution in [0.3, 0.4) is 0 Å². The van der Waals surface area contributed by atoms with Crippen LogP contribution in [0, 0.1) is 5.92 Å². The molecule has 0 spiro atoms. The van der Waals surface area contributed by atoms with Gasteiger partial charge in [0.05, 0.1) is 11.7 Å². The lowest BCUT2D eigenvalue weighted by atomic mass is 9.79. The maximum Gasteiger partial charge on any atom is 0.243 e. The van der Waals surface area contributed by atoms with Crippen molar-refractivity contribution in [1.82, 2.24) is 5.32 Å². The van der Waals surface area contributed by atoms with Crippen molar-refractivity contribution in [2.75, 3.05) is 6.54 Å². The summed E-state index contributed by atoms with van der Waals surface area (Å²) in [5.74, 6) is 0.624. The van der Waals surface area contributed by atoms with E-state index in [2.05, 4.69) is 32.7 Å². The van der Waals surface area contributed by atoms with Crippen molar-refractivity contribution in [3.63, 3.8) is 0 Å². The molecule has 0 radical (unpaired) electrons. The van der Waals surface area contributed by atoms with Crippen molar-refractivity contribution < 1.29 is 9.53 Å². The summed E-state index contributed by atoms with van der Waals surface area (Å²) >= 11 is 0. The minimum atomic E-state index is -0.0817. The molecule has 3 heteroatoms. The van der Waals surface area contributed by atoms with Crippen molar-refractivity contribution in [2.24, 2.45) is 5.92 Å². The van der Waals surface area contributed by atoms with E-state index < -0.39 is 0 Å². The molecule has 0 aromatic rings. The Morgan fingerprint density at radius 3 is 2.62 bits per heavy atom. The molecule has 0 aromatic carbocycles. The van der Waals surface area contributed by atoms with Gasteiger partial charge in [-0.2, -0.15) is 0 Å². The molecular formula is C13H23NO2. The number of ether oxygens (including phenoxy) is 1. The van der Waals surface area contributed by atoms with Crippen LogP contribution in [-0.2, 0) is 9.53 Å². The number of hydrogen-bond acceptors (Lipinski definition) is 2. The van der Waals surface area contributed by atoms with E-state index in [9.17, 15) is 4.79 Å². The Morgan fingerprint density at radius 2 is 2.12 bits per heavy atom. The fourth-order valence-electron chi connectivity index (χ4n) is 1.98. The Kier molecular flexibility index (Phi) is 4.54. The molecule has 0 atom stereocenters. The quantitative estimate of drug-likeness (QED) is 0.729. The van der Waals surface area contributed by atoms with E-state index in [1.165, 1.54) is 6.08 Å². The number of nitrogens with one attached hydrogen (secondary N) is 1. The van der Waals surface area contributed by atoms with E-state index in [1.807, 2.05) is 0 Å². The first-order chi connectivity index (χ1) is 7.40. The van der Waals surface area contributed by atoms with Crippen LogP contribution in [0.5, 0.6) is 0 Å². The Labute approximate surface area is 98.2 Å². The molecule has 1 saturated carbocycles. The number of rotatable bonds is 5. The summed E-state index contributed by atoms with van der Waals surface area (Å²) < 4.78 is 5.85. The highest BCUT2D eigenvalue weighted by Gasteiger charge is 2.32. The van der Waals surface area contributed by atoms with Gasteiger partial charge in [-0.25, -0.2) is 0 Å². The number of amides is 1. The average Bonchev–Trinajstić information content (AvgIpc) is 2.11. The molecule has 0 heterocycles. The van der Waals surface area contributed by atoms with Crippen LogP contribution in [0.4, 0.5) is 0 Å². The maximum absolute atomic E-state index is 10.9. The summed E-state index contributed by atoms with van der Waals surface area (Å²) in [6.07, 6.45) is 5.03. The monoisotopic (exact) mass is 225 g/mol. The fourth-order valence-corrected chi connectivity index (χ4v) is 1.98. The molecule has 1 amide bonds. The van der Waals surface area contributed by atoms with Gasteiger partial charge in [0.15, 0.2) is 0 Å². The second-order valence-electron chi connectivity index (χ2n) is 5.47. The van der Waals surface area contributed by atoms with Gasteiger partial charge in [-0.05, 0) is 52.0 Å². The van der Waals surface area contributed by atoms with E-state index >= 15 is 0 Å². The van der Waals surface area contributed by atoms with E-state index in [1.54, 1.807) is 0 Å². The summed E-state index contributed by atoms with van der Waals surface area (Å²) in [4.78, 5) is 10.9. The van der Waals surface area contributed by atoms with E-state index in [-0.39, 0.29) is 11.5 Å². The minimum Gasteiger partial charge on any atom is -0.373 e. The van der Waals surface area contributed by atoms with Crippen LogP contribution >= 0.6 is 0 Å². The first-order valence-electron chi connectivity index (χ1n) is 5.99. The van der Waals surface area contributed by atoms with Crippen molar-refractivity contribution in [2.45, 2.75) is 51.7 Å². The largest absolute Gasteiger partial charge is 0.373 e. The van der Waals surface area contributed by atoms with Gasteiger partial charge >= 0.3 is 0 Å². The Balaban J connectivity index is 2.04. The zero-order valence-electron chi connectivity index (χ0n) is 10.6. The summed E-state index contributed by atoms with van der Waals surface area (Å²) in [6.45, 7) is 10.4. The molecule has 0 aliphatic heterocycles. The molecule has 0 aromatic heterocycles. The molecule has 16 heavy (non-hydrogen) atoms. The summed E-state index contributed by atoms with van der Waals surface area (Å²) in [5, 5.41) is 2.80. The third-order valence-corrected chi connectivity index (χ3v) is 2.75. The molecule has 0 unspecified atom stereocenters. The van der Waals surface area contributed by atoms with Crippen molar-refractivity contribution in [3.8, 4) is 0 Å². The van der Waals surface area contributed by atoms with E-state index in [0.717, 1.165) is 25.8 Å². The van der Waals surface area contributed by atoms with Gasteiger partial charge in [-0.1, -0.05) is 6.58 Å². The predicted molar refractivity (Wildman–Crippen MR) is 65.2 cm³/mol. The van der Waals surface area contributed by atoms with Crippen LogP contribution in [0.25, 0.3) is 0 Å². The lowest BCUT2D eigenvalue weighted by Gasteiger charge is -2.39. The maximum atomic E-state index is 10.9. The standard InChI is InChI=1S/C13H23NO2/c1-5-12(15)14-7-6-10-8-11(9-10)16-13(2,3)4/h5,10-11H,1,6-9H2,2-4H3,(H,14,15). The molecular weight excluding hydrogens is 202 g/mol. The van der Waals surface area contributed by atoms with Gasteiger partial charge in [-0.15, -0.1) is 0 Å². The van der Waals surface area contributed by atoms with Gasteiger partial charge < -0.3 is 10.1 Å². The first-order valence-corrected chi connectivity index (χ1v) is 5.99. The average molecular weight is 225 g/mol. The third-order valence-electron chi connectivity index (χ3n) is 2.75. The molecule has 1 aliphatic carbocycles. The molecule has 3 nitrogen and oxygen atoms in total. The summed E-state index contributed by atoms with van der Waals surface area (Å²) in [5.41, 5.74) is -0.0350. The van der Waals surface area contributed by atoms with Crippen LogP contribution in [-0.4, -0.2) is 24.2 Å². The molecule has 0 bridgehead atoms. The number of hydrogen-bond donors (Lipinski definition) is 1. The Hall–Kier alpha value is -0.830. The van der Waals surface area contributed by atoms with Gasteiger partial charge in [-0.3, -0.25) is 4.79 Å². The molecule has 1 fully saturated rings. The smallest absolute Gasteiger partial charge is 0.243 e. The second-order valence-corrected chi connectivity index (χ2v) is 5.47. The lowest BCUT2D eigenvalue weighted by Crippen LogP contribution is -2.38. The van der Waals surface area contributed by atoms with E-state index in [0.29, 0.717) is 12.0 Å². The highest BCUT2D eigenvalue weighted by atomic mass is 16.5. The lowest BCUT2D eigenvalue weighted by molar-refractivity contribution is -0.117. The van der Waals surface area contributed by atoms with Gasteiger partial charge in [0.25, 0.3) is 0 Å². The fraction of sp³-hybridized carbons (Fsp3) is 0.769. The summed E-state index contributed by atoms with van der Waals surface area (Å²) in [6, 6.07) is 0. The molecule has 1 rings (SSSR count). The second kappa shape index (κ2) is 5.48. The molecule has 1 N–H and O–H groups in total. The highest BCUT2D eigenvalue weighted by Crippen LogP contribution is 2.34. The summed E-state index contributed by atoms with van der Waals surface area (Å²) in [7, 11) is 0. The zero-order valence-corrected chi connectivity index (χ0v) is 10.6. The molecule has 1 aliphatic rings.